The van der Waals surface area contributed by atoms with E-state index in [1.54, 1.807) is 49.4 Å². The van der Waals surface area contributed by atoms with E-state index in [0.717, 1.165) is 26.6 Å². The molecule has 3 aromatic rings. The molecule has 0 saturated carbocycles. The predicted octanol–water partition coefficient (Wildman–Crippen LogP) is 3.86. The molecule has 0 aromatic heterocycles. The Hall–Kier alpha value is -3.72. The summed E-state index contributed by atoms with van der Waals surface area (Å²) in [6.45, 7) is 5.55. The number of carbonyl (C=O) groups is 1. The third-order valence-corrected chi connectivity index (χ3v) is 7.39. The van der Waals surface area contributed by atoms with E-state index in [4.69, 9.17) is 14.2 Å². The lowest BCUT2D eigenvalue weighted by atomic mass is 10.1. The number of aryl methyl sites for hydroxylation is 3. The van der Waals surface area contributed by atoms with Crippen molar-refractivity contribution in [3.05, 3.63) is 76.9 Å². The molecule has 4 rings (SSSR count). The first kappa shape index (κ1) is 24.4. The summed E-state index contributed by atoms with van der Waals surface area (Å²) in [5, 5.41) is 2.81. The van der Waals surface area contributed by atoms with Crippen LogP contribution in [0.25, 0.3) is 0 Å². The number of carbonyl (C=O) groups excluding carboxylic acids is 1. The lowest BCUT2D eigenvalue weighted by Crippen LogP contribution is -2.41. The van der Waals surface area contributed by atoms with E-state index in [0.29, 0.717) is 17.2 Å². The average Bonchev–Trinajstić information content (AvgIpc) is 3.28. The van der Waals surface area contributed by atoms with Crippen LogP contribution in [0.15, 0.2) is 59.5 Å². The van der Waals surface area contributed by atoms with Gasteiger partial charge in [0.25, 0.3) is 10.0 Å². The smallest absolute Gasteiger partial charge is 0.268 e. The van der Waals surface area contributed by atoms with Gasteiger partial charge in [0.05, 0.1) is 12.8 Å². The van der Waals surface area contributed by atoms with Crippen molar-refractivity contribution in [2.45, 2.75) is 32.2 Å². The molecule has 0 fully saturated rings. The SMILES string of the molecule is COc1ccc(C)cc1S(=O)(=O)N(CC(=O)NCc1ccc2c(c1)OCO2)c1cc(C)cc(C)c1. The summed E-state index contributed by atoms with van der Waals surface area (Å²) >= 11 is 0. The number of fused-ring (bicyclic) bond motifs is 1. The number of nitrogens with zero attached hydrogens (tertiary/aromatic N) is 1. The van der Waals surface area contributed by atoms with Gasteiger partial charge in [-0.25, -0.2) is 8.42 Å². The molecule has 0 atom stereocenters. The van der Waals surface area contributed by atoms with Crippen LogP contribution < -0.4 is 23.8 Å². The van der Waals surface area contributed by atoms with Crippen LogP contribution in [0.1, 0.15) is 22.3 Å². The Morgan fingerprint density at radius 2 is 1.66 bits per heavy atom. The highest BCUT2D eigenvalue weighted by molar-refractivity contribution is 7.93. The highest BCUT2D eigenvalue weighted by atomic mass is 32.2. The molecule has 1 heterocycles. The van der Waals surface area contributed by atoms with Gasteiger partial charge in [-0.2, -0.15) is 0 Å². The summed E-state index contributed by atoms with van der Waals surface area (Å²) < 4.78 is 44.9. The third kappa shape index (κ3) is 5.35. The van der Waals surface area contributed by atoms with Gasteiger partial charge in [0.15, 0.2) is 11.5 Å². The van der Waals surface area contributed by atoms with Crippen molar-refractivity contribution in [2.24, 2.45) is 0 Å². The minimum atomic E-state index is -4.13. The fraction of sp³-hybridized carbons (Fsp3) is 0.269. The maximum absolute atomic E-state index is 13.9. The van der Waals surface area contributed by atoms with Crippen molar-refractivity contribution in [3.8, 4) is 17.2 Å². The summed E-state index contributed by atoms with van der Waals surface area (Å²) in [5.41, 5.74) is 3.75. The van der Waals surface area contributed by atoms with E-state index in [-0.39, 0.29) is 24.0 Å². The van der Waals surface area contributed by atoms with Crippen molar-refractivity contribution < 1.29 is 27.4 Å². The summed E-state index contributed by atoms with van der Waals surface area (Å²) in [6, 6.07) is 15.8. The van der Waals surface area contributed by atoms with Crippen molar-refractivity contribution in [1.29, 1.82) is 0 Å². The molecule has 0 bridgehead atoms. The van der Waals surface area contributed by atoms with E-state index in [2.05, 4.69) is 5.32 Å². The molecule has 184 valence electrons. The van der Waals surface area contributed by atoms with Crippen LogP contribution >= 0.6 is 0 Å². The van der Waals surface area contributed by atoms with Crippen molar-refractivity contribution in [1.82, 2.24) is 5.32 Å². The molecule has 9 heteroatoms. The first-order valence-electron chi connectivity index (χ1n) is 11.1. The fourth-order valence-electron chi connectivity index (χ4n) is 3.95. The molecule has 0 saturated heterocycles. The van der Waals surface area contributed by atoms with E-state index < -0.39 is 22.5 Å². The molecule has 3 aromatic carbocycles. The Morgan fingerprint density at radius 1 is 0.943 bits per heavy atom. The van der Waals surface area contributed by atoms with Gasteiger partial charge in [-0.3, -0.25) is 9.10 Å². The third-order valence-electron chi connectivity index (χ3n) is 5.60. The second-order valence-corrected chi connectivity index (χ2v) is 10.3. The van der Waals surface area contributed by atoms with E-state index >= 15 is 0 Å². The summed E-state index contributed by atoms with van der Waals surface area (Å²) in [5.74, 6) is 1.03. The minimum absolute atomic E-state index is 0.00253. The molecule has 35 heavy (non-hydrogen) atoms. The maximum atomic E-state index is 13.9. The molecule has 0 unspecified atom stereocenters. The van der Waals surface area contributed by atoms with Gasteiger partial charge in [0, 0.05) is 6.54 Å². The van der Waals surface area contributed by atoms with Crippen LogP contribution in [0.5, 0.6) is 17.2 Å². The van der Waals surface area contributed by atoms with Gasteiger partial charge in [0.2, 0.25) is 12.7 Å². The molecule has 0 radical (unpaired) electrons. The topological polar surface area (TPSA) is 94.2 Å². The van der Waals surface area contributed by atoms with Crippen LogP contribution in [-0.2, 0) is 21.4 Å². The van der Waals surface area contributed by atoms with Crippen LogP contribution in [-0.4, -0.2) is 34.8 Å². The molecule has 1 N–H and O–H groups in total. The Morgan fingerprint density at radius 3 is 2.37 bits per heavy atom. The van der Waals surface area contributed by atoms with Gasteiger partial charge in [-0.15, -0.1) is 0 Å². The highest BCUT2D eigenvalue weighted by Crippen LogP contribution is 2.33. The second-order valence-electron chi connectivity index (χ2n) is 8.48. The van der Waals surface area contributed by atoms with Gasteiger partial charge in [-0.1, -0.05) is 18.2 Å². The number of hydrogen-bond donors (Lipinski definition) is 1. The van der Waals surface area contributed by atoms with E-state index in [1.165, 1.54) is 7.11 Å². The van der Waals surface area contributed by atoms with Crippen LogP contribution in [0.2, 0.25) is 0 Å². The average molecular weight is 497 g/mol. The maximum Gasteiger partial charge on any atom is 0.268 e. The monoisotopic (exact) mass is 496 g/mol. The summed E-state index contributed by atoms with van der Waals surface area (Å²) in [7, 11) is -2.71. The molecule has 1 aliphatic rings. The van der Waals surface area contributed by atoms with Crippen molar-refractivity contribution >= 4 is 21.6 Å². The number of sulfonamides is 1. The Kier molecular flexibility index (Phi) is 6.88. The zero-order valence-corrected chi connectivity index (χ0v) is 20.9. The van der Waals surface area contributed by atoms with Crippen LogP contribution in [0.3, 0.4) is 0 Å². The highest BCUT2D eigenvalue weighted by Gasteiger charge is 2.30. The molecule has 0 aliphatic carbocycles. The van der Waals surface area contributed by atoms with Crippen molar-refractivity contribution in [3.63, 3.8) is 0 Å². The Labute approximate surface area is 205 Å². The van der Waals surface area contributed by atoms with Crippen molar-refractivity contribution in [2.75, 3.05) is 24.8 Å². The summed E-state index contributed by atoms with van der Waals surface area (Å²) in [6.07, 6.45) is 0. The van der Waals surface area contributed by atoms with Gasteiger partial charge in [0.1, 0.15) is 17.2 Å². The number of hydrogen-bond acceptors (Lipinski definition) is 6. The van der Waals surface area contributed by atoms with E-state index in [1.807, 2.05) is 26.0 Å². The molecule has 8 nitrogen and oxygen atoms in total. The fourth-order valence-corrected chi connectivity index (χ4v) is 5.60. The first-order valence-corrected chi connectivity index (χ1v) is 12.5. The number of benzene rings is 3. The number of amides is 1. The van der Waals surface area contributed by atoms with Gasteiger partial charge >= 0.3 is 0 Å². The Bertz CT molecular complexity index is 1350. The molecular formula is C26H28N2O6S. The Balaban J connectivity index is 1.63. The molecular weight excluding hydrogens is 468 g/mol. The van der Waals surface area contributed by atoms with Gasteiger partial charge in [-0.05, 0) is 79.4 Å². The van der Waals surface area contributed by atoms with Gasteiger partial charge < -0.3 is 19.5 Å². The first-order chi connectivity index (χ1) is 16.7. The minimum Gasteiger partial charge on any atom is -0.495 e. The normalized spacial score (nSPS) is 12.3. The molecule has 0 spiro atoms. The summed E-state index contributed by atoms with van der Waals surface area (Å²) in [4.78, 5) is 13.0. The predicted molar refractivity (Wildman–Crippen MR) is 133 cm³/mol. The lowest BCUT2D eigenvalue weighted by Gasteiger charge is -2.26. The number of rotatable bonds is 8. The quantitative estimate of drug-likeness (QED) is 0.509. The lowest BCUT2D eigenvalue weighted by molar-refractivity contribution is -0.119. The van der Waals surface area contributed by atoms with Crippen LogP contribution in [0, 0.1) is 20.8 Å². The number of nitrogens with one attached hydrogen (secondary N) is 1. The standard InChI is InChI=1S/C26H28N2O6S/c1-17-5-7-23(32-4)25(12-17)35(30,31)28(21-10-18(2)9-19(3)11-21)15-26(29)27-14-20-6-8-22-24(13-20)34-16-33-22/h5-13H,14-16H2,1-4H3,(H,27,29). The molecule has 1 aliphatic heterocycles. The zero-order valence-electron chi connectivity index (χ0n) is 20.1. The number of anilines is 1. The zero-order chi connectivity index (χ0) is 25.2. The van der Waals surface area contributed by atoms with Crippen LogP contribution in [0.4, 0.5) is 5.69 Å². The largest absolute Gasteiger partial charge is 0.495 e. The number of ether oxygens (including phenoxy) is 3. The molecule has 1 amide bonds. The van der Waals surface area contributed by atoms with E-state index in [9.17, 15) is 13.2 Å². The second kappa shape index (κ2) is 9.87. The number of methoxy groups -OCH3 is 1.